The van der Waals surface area contributed by atoms with Gasteiger partial charge in [0.25, 0.3) is 0 Å². The van der Waals surface area contributed by atoms with E-state index in [0.717, 1.165) is 26.2 Å². The predicted octanol–water partition coefficient (Wildman–Crippen LogP) is 1.12. The number of esters is 1. The highest BCUT2D eigenvalue weighted by molar-refractivity contribution is 5.72. The predicted molar refractivity (Wildman–Crippen MR) is 98.3 cm³/mol. The van der Waals surface area contributed by atoms with Gasteiger partial charge >= 0.3 is 5.97 Å². The summed E-state index contributed by atoms with van der Waals surface area (Å²) in [5.74, 6) is -0.363. The summed E-state index contributed by atoms with van der Waals surface area (Å²) in [6.45, 7) is 13.6. The van der Waals surface area contributed by atoms with E-state index in [0.29, 0.717) is 0 Å². The maximum Gasteiger partial charge on any atom is 0.320 e. The zero-order chi connectivity index (χ0) is 19.2. The normalized spacial score (nSPS) is 29.6. The standard InChI is InChI=1S/C12H22N2O5.C4H10.C2H6/c1-8-12(9(15)6-10(16)18-8)19-11(17)7-14-4-2-13-3-5-14;1-3-4-2;1-2/h8-10,12-13,15-16H,2-7H2,1H3;3-4H2,1-2H3;1-2H3. The van der Waals surface area contributed by atoms with E-state index in [2.05, 4.69) is 19.2 Å². The van der Waals surface area contributed by atoms with Crippen molar-refractivity contribution in [1.29, 1.82) is 0 Å². The molecule has 2 heterocycles. The van der Waals surface area contributed by atoms with Gasteiger partial charge in [0.1, 0.15) is 0 Å². The number of piperazine rings is 1. The van der Waals surface area contributed by atoms with Crippen LogP contribution < -0.4 is 5.32 Å². The molecule has 4 unspecified atom stereocenters. The maximum absolute atomic E-state index is 11.8. The number of rotatable bonds is 4. The SMILES string of the molecule is CC.CC1OC(O)CC(O)C1OC(=O)CN1CCNCC1.CCCC. The summed E-state index contributed by atoms with van der Waals surface area (Å²) >= 11 is 0. The third-order valence-electron chi connectivity index (χ3n) is 3.99. The molecule has 0 saturated carbocycles. The van der Waals surface area contributed by atoms with E-state index < -0.39 is 24.6 Å². The van der Waals surface area contributed by atoms with Gasteiger partial charge in [-0.2, -0.15) is 0 Å². The van der Waals surface area contributed by atoms with Crippen molar-refractivity contribution in [2.45, 2.75) is 78.5 Å². The third kappa shape index (κ3) is 10.1. The lowest BCUT2D eigenvalue weighted by Gasteiger charge is -2.36. The van der Waals surface area contributed by atoms with Crippen LogP contribution in [0.15, 0.2) is 0 Å². The Kier molecular flexibility index (Phi) is 14.0. The summed E-state index contributed by atoms with van der Waals surface area (Å²) in [5, 5.41) is 22.4. The van der Waals surface area contributed by atoms with Crippen LogP contribution >= 0.6 is 0 Å². The minimum Gasteiger partial charge on any atom is -0.456 e. The molecule has 150 valence electrons. The average molecular weight is 363 g/mol. The van der Waals surface area contributed by atoms with E-state index in [1.54, 1.807) is 6.92 Å². The van der Waals surface area contributed by atoms with Gasteiger partial charge in [0.05, 0.1) is 18.8 Å². The van der Waals surface area contributed by atoms with Crippen molar-refractivity contribution in [2.24, 2.45) is 0 Å². The second-order valence-corrected chi connectivity index (χ2v) is 6.08. The molecule has 4 atom stereocenters. The minimum absolute atomic E-state index is 0.0654. The molecule has 0 radical (unpaired) electrons. The van der Waals surface area contributed by atoms with Crippen molar-refractivity contribution in [3.63, 3.8) is 0 Å². The Morgan fingerprint density at radius 1 is 1.20 bits per heavy atom. The second kappa shape index (κ2) is 14.4. The zero-order valence-corrected chi connectivity index (χ0v) is 16.5. The van der Waals surface area contributed by atoms with Gasteiger partial charge in [0.2, 0.25) is 0 Å². The highest BCUT2D eigenvalue weighted by atomic mass is 16.6. The van der Waals surface area contributed by atoms with E-state index in [-0.39, 0.29) is 18.9 Å². The first kappa shape index (κ1) is 24.3. The van der Waals surface area contributed by atoms with Gasteiger partial charge in [-0.1, -0.05) is 40.5 Å². The van der Waals surface area contributed by atoms with Crippen molar-refractivity contribution >= 4 is 5.97 Å². The fourth-order valence-corrected chi connectivity index (χ4v) is 2.45. The molecule has 2 aliphatic rings. The topological polar surface area (TPSA) is 91.3 Å². The highest BCUT2D eigenvalue weighted by Crippen LogP contribution is 2.21. The molecule has 0 aromatic rings. The first-order valence-electron chi connectivity index (χ1n) is 9.62. The highest BCUT2D eigenvalue weighted by Gasteiger charge is 2.37. The first-order chi connectivity index (χ1) is 12.0. The summed E-state index contributed by atoms with van der Waals surface area (Å²) in [6.07, 6.45) is -0.390. The lowest BCUT2D eigenvalue weighted by atomic mass is 10.0. The zero-order valence-electron chi connectivity index (χ0n) is 16.5. The number of unbranched alkanes of at least 4 members (excludes halogenated alkanes) is 1. The number of carbonyl (C=O) groups is 1. The van der Waals surface area contributed by atoms with Crippen molar-refractivity contribution in [2.75, 3.05) is 32.7 Å². The fourth-order valence-electron chi connectivity index (χ4n) is 2.45. The summed E-state index contributed by atoms with van der Waals surface area (Å²) in [7, 11) is 0. The smallest absolute Gasteiger partial charge is 0.320 e. The van der Waals surface area contributed by atoms with Gasteiger partial charge in [-0.05, 0) is 6.92 Å². The molecule has 0 amide bonds. The molecule has 0 bridgehead atoms. The average Bonchev–Trinajstić information content (AvgIpc) is 2.61. The van der Waals surface area contributed by atoms with E-state index in [1.165, 1.54) is 12.8 Å². The van der Waals surface area contributed by atoms with E-state index in [4.69, 9.17) is 9.47 Å². The Hall–Kier alpha value is -0.730. The van der Waals surface area contributed by atoms with Gasteiger partial charge in [0.15, 0.2) is 12.4 Å². The lowest BCUT2D eigenvalue weighted by molar-refractivity contribution is -0.236. The Bertz CT molecular complexity index is 323. The molecule has 2 fully saturated rings. The summed E-state index contributed by atoms with van der Waals surface area (Å²) in [6, 6.07) is 0. The molecular formula is C18H38N2O5. The van der Waals surface area contributed by atoms with Gasteiger partial charge in [-0.25, -0.2) is 0 Å². The molecule has 2 saturated heterocycles. The molecule has 0 spiro atoms. The molecule has 0 aliphatic carbocycles. The molecular weight excluding hydrogens is 324 g/mol. The number of aliphatic hydroxyl groups is 2. The lowest BCUT2D eigenvalue weighted by Crippen LogP contribution is -2.51. The van der Waals surface area contributed by atoms with Gasteiger partial charge < -0.3 is 25.0 Å². The van der Waals surface area contributed by atoms with E-state index >= 15 is 0 Å². The van der Waals surface area contributed by atoms with Crippen LogP contribution in [0.3, 0.4) is 0 Å². The number of carbonyl (C=O) groups excluding carboxylic acids is 1. The molecule has 3 N–H and O–H groups in total. The van der Waals surface area contributed by atoms with Gasteiger partial charge in [-0.15, -0.1) is 0 Å². The van der Waals surface area contributed by atoms with Crippen molar-refractivity contribution < 1.29 is 24.5 Å². The van der Waals surface area contributed by atoms with Crippen molar-refractivity contribution in [1.82, 2.24) is 10.2 Å². The quantitative estimate of drug-likeness (QED) is 0.646. The number of hydrogen-bond acceptors (Lipinski definition) is 7. The van der Waals surface area contributed by atoms with Crippen LogP contribution in [-0.4, -0.2) is 78.4 Å². The van der Waals surface area contributed by atoms with Crippen LogP contribution in [-0.2, 0) is 14.3 Å². The number of aliphatic hydroxyl groups excluding tert-OH is 2. The van der Waals surface area contributed by atoms with Crippen LogP contribution in [0.25, 0.3) is 0 Å². The summed E-state index contributed by atoms with van der Waals surface area (Å²) in [5.41, 5.74) is 0. The van der Waals surface area contributed by atoms with E-state index in [1.807, 2.05) is 18.7 Å². The fraction of sp³-hybridized carbons (Fsp3) is 0.944. The monoisotopic (exact) mass is 362 g/mol. The molecule has 0 aromatic heterocycles. The molecule has 2 rings (SSSR count). The first-order valence-corrected chi connectivity index (χ1v) is 9.62. The maximum atomic E-state index is 11.8. The minimum atomic E-state index is -0.992. The number of nitrogens with zero attached hydrogens (tertiary/aromatic N) is 1. The Labute approximate surface area is 152 Å². The number of ether oxygens (including phenoxy) is 2. The third-order valence-corrected chi connectivity index (χ3v) is 3.99. The largest absolute Gasteiger partial charge is 0.456 e. The number of nitrogens with one attached hydrogen (secondary N) is 1. The Morgan fingerprint density at radius 3 is 2.24 bits per heavy atom. The summed E-state index contributed by atoms with van der Waals surface area (Å²) < 4.78 is 10.4. The molecule has 2 aliphatic heterocycles. The molecule has 0 aromatic carbocycles. The van der Waals surface area contributed by atoms with Gasteiger partial charge in [-0.3, -0.25) is 9.69 Å². The second-order valence-electron chi connectivity index (χ2n) is 6.08. The summed E-state index contributed by atoms with van der Waals surface area (Å²) in [4.78, 5) is 13.8. The molecule has 7 nitrogen and oxygen atoms in total. The van der Waals surface area contributed by atoms with Gasteiger partial charge in [0, 0.05) is 32.6 Å². The van der Waals surface area contributed by atoms with Crippen LogP contribution in [0, 0.1) is 0 Å². The Morgan fingerprint density at radius 2 is 1.76 bits per heavy atom. The van der Waals surface area contributed by atoms with Crippen LogP contribution in [0.5, 0.6) is 0 Å². The number of hydrogen-bond donors (Lipinski definition) is 3. The van der Waals surface area contributed by atoms with E-state index in [9.17, 15) is 15.0 Å². The van der Waals surface area contributed by atoms with Crippen LogP contribution in [0.2, 0.25) is 0 Å². The van der Waals surface area contributed by atoms with Crippen molar-refractivity contribution in [3.8, 4) is 0 Å². The molecule has 7 heteroatoms. The van der Waals surface area contributed by atoms with Crippen molar-refractivity contribution in [3.05, 3.63) is 0 Å². The van der Waals surface area contributed by atoms with Crippen LogP contribution in [0.4, 0.5) is 0 Å². The Balaban J connectivity index is 0.000000845. The molecule has 25 heavy (non-hydrogen) atoms. The van der Waals surface area contributed by atoms with Crippen LogP contribution in [0.1, 0.15) is 53.9 Å².